The number of hydrogen-bond acceptors (Lipinski definition) is 4. The lowest BCUT2D eigenvalue weighted by Gasteiger charge is -2.34. The van der Waals surface area contributed by atoms with Gasteiger partial charge in [-0.05, 0) is 44.0 Å². The summed E-state index contributed by atoms with van der Waals surface area (Å²) < 4.78 is 5.44. The molecule has 1 atom stereocenters. The molecule has 3 rings (SSSR count). The van der Waals surface area contributed by atoms with E-state index in [9.17, 15) is 0 Å². The van der Waals surface area contributed by atoms with E-state index in [0.717, 1.165) is 37.5 Å². The summed E-state index contributed by atoms with van der Waals surface area (Å²) in [5, 5.41) is 3.65. The van der Waals surface area contributed by atoms with Gasteiger partial charge in [0.25, 0.3) is 0 Å². The number of rotatable bonds is 4. The zero-order valence-electron chi connectivity index (χ0n) is 11.8. The van der Waals surface area contributed by atoms with Gasteiger partial charge in [-0.3, -0.25) is 0 Å². The summed E-state index contributed by atoms with van der Waals surface area (Å²) in [5.41, 5.74) is 0. The maximum absolute atomic E-state index is 5.44. The van der Waals surface area contributed by atoms with Crippen LogP contribution in [0.25, 0.3) is 0 Å². The van der Waals surface area contributed by atoms with E-state index < -0.39 is 0 Å². The van der Waals surface area contributed by atoms with Crippen molar-refractivity contribution in [1.29, 1.82) is 0 Å². The molecule has 2 aromatic heterocycles. The Balaban J connectivity index is 1.51. The molecule has 1 aliphatic heterocycles. The average molecular weight is 271 g/mol. The molecular weight excluding hydrogens is 250 g/mol. The van der Waals surface area contributed by atoms with Gasteiger partial charge in [0.2, 0.25) is 0 Å². The minimum atomic E-state index is 0.274. The summed E-state index contributed by atoms with van der Waals surface area (Å²) in [6.07, 6.45) is 5.87. The van der Waals surface area contributed by atoms with Crippen LogP contribution >= 0.6 is 0 Å². The van der Waals surface area contributed by atoms with Gasteiger partial charge in [0.1, 0.15) is 11.6 Å². The summed E-state index contributed by atoms with van der Waals surface area (Å²) in [4.78, 5) is 6.78. The molecule has 0 unspecified atom stereocenters. The van der Waals surface area contributed by atoms with Crippen molar-refractivity contribution in [1.82, 2.24) is 10.3 Å². The SMILES string of the molecule is C[C@H](NC1CCN(c2ccccn2)CC1)c1ccco1. The predicted molar refractivity (Wildman–Crippen MR) is 79.7 cm³/mol. The minimum absolute atomic E-state index is 0.274. The Morgan fingerprint density at radius 3 is 2.75 bits per heavy atom. The van der Waals surface area contributed by atoms with Crippen LogP contribution in [0.1, 0.15) is 31.6 Å². The molecule has 4 nitrogen and oxygen atoms in total. The molecule has 2 aromatic rings. The molecule has 4 heteroatoms. The lowest BCUT2D eigenvalue weighted by atomic mass is 10.0. The fourth-order valence-electron chi connectivity index (χ4n) is 2.79. The van der Waals surface area contributed by atoms with Crippen molar-refractivity contribution >= 4 is 5.82 Å². The van der Waals surface area contributed by atoms with Gasteiger partial charge in [-0.15, -0.1) is 0 Å². The predicted octanol–water partition coefficient (Wildman–Crippen LogP) is 2.99. The second-order valence-corrected chi connectivity index (χ2v) is 5.35. The summed E-state index contributed by atoms with van der Waals surface area (Å²) in [7, 11) is 0. The molecule has 1 N–H and O–H groups in total. The lowest BCUT2D eigenvalue weighted by molar-refractivity contribution is 0.346. The van der Waals surface area contributed by atoms with Crippen LogP contribution in [-0.2, 0) is 0 Å². The zero-order chi connectivity index (χ0) is 13.8. The van der Waals surface area contributed by atoms with Crippen LogP contribution < -0.4 is 10.2 Å². The van der Waals surface area contributed by atoms with Gasteiger partial charge in [-0.2, -0.15) is 0 Å². The second-order valence-electron chi connectivity index (χ2n) is 5.35. The number of nitrogens with zero attached hydrogens (tertiary/aromatic N) is 2. The fraction of sp³-hybridized carbons (Fsp3) is 0.438. The second kappa shape index (κ2) is 6.09. The largest absolute Gasteiger partial charge is 0.468 e. The Kier molecular flexibility index (Phi) is 4.02. The Hall–Kier alpha value is -1.81. The molecule has 1 aliphatic rings. The Morgan fingerprint density at radius 2 is 2.10 bits per heavy atom. The molecule has 106 valence electrons. The highest BCUT2D eigenvalue weighted by atomic mass is 16.3. The van der Waals surface area contributed by atoms with Gasteiger partial charge >= 0.3 is 0 Å². The molecule has 0 bridgehead atoms. The van der Waals surface area contributed by atoms with Gasteiger partial charge in [0.15, 0.2) is 0 Å². The Bertz CT molecular complexity index is 504. The van der Waals surface area contributed by atoms with Gasteiger partial charge in [-0.1, -0.05) is 6.07 Å². The van der Waals surface area contributed by atoms with E-state index in [4.69, 9.17) is 4.42 Å². The van der Waals surface area contributed by atoms with Crippen molar-refractivity contribution in [2.75, 3.05) is 18.0 Å². The first-order valence-electron chi connectivity index (χ1n) is 7.28. The topological polar surface area (TPSA) is 41.3 Å². The van der Waals surface area contributed by atoms with Crippen molar-refractivity contribution in [3.05, 3.63) is 48.6 Å². The van der Waals surface area contributed by atoms with Gasteiger partial charge in [-0.25, -0.2) is 4.98 Å². The van der Waals surface area contributed by atoms with Crippen LogP contribution in [0.5, 0.6) is 0 Å². The van der Waals surface area contributed by atoms with E-state index in [-0.39, 0.29) is 6.04 Å². The molecule has 1 fully saturated rings. The van der Waals surface area contributed by atoms with Crippen LogP contribution in [0, 0.1) is 0 Å². The molecule has 20 heavy (non-hydrogen) atoms. The number of aromatic nitrogens is 1. The quantitative estimate of drug-likeness (QED) is 0.928. The summed E-state index contributed by atoms with van der Waals surface area (Å²) in [6, 6.07) is 10.9. The standard InChI is InChI=1S/C16H21N3O/c1-13(15-5-4-12-20-15)18-14-7-10-19(11-8-14)16-6-2-3-9-17-16/h2-6,9,12-14,18H,7-8,10-11H2,1H3/t13-/m0/s1. The third-order valence-corrected chi connectivity index (χ3v) is 3.92. The molecule has 0 saturated carbocycles. The van der Waals surface area contributed by atoms with Crippen LogP contribution in [0.15, 0.2) is 47.2 Å². The smallest absolute Gasteiger partial charge is 0.128 e. The van der Waals surface area contributed by atoms with E-state index >= 15 is 0 Å². The van der Waals surface area contributed by atoms with Crippen molar-refractivity contribution in [2.45, 2.75) is 31.8 Å². The maximum atomic E-state index is 5.44. The normalized spacial score (nSPS) is 18.1. The molecule has 0 amide bonds. The van der Waals surface area contributed by atoms with Crippen molar-refractivity contribution in [3.8, 4) is 0 Å². The van der Waals surface area contributed by atoms with E-state index in [1.54, 1.807) is 6.26 Å². The number of piperidine rings is 1. The molecule has 0 aromatic carbocycles. The highest BCUT2D eigenvalue weighted by Crippen LogP contribution is 2.20. The Labute approximate surface area is 119 Å². The van der Waals surface area contributed by atoms with E-state index in [0.29, 0.717) is 6.04 Å². The Morgan fingerprint density at radius 1 is 1.25 bits per heavy atom. The highest BCUT2D eigenvalue weighted by Gasteiger charge is 2.22. The molecule has 1 saturated heterocycles. The summed E-state index contributed by atoms with van der Waals surface area (Å²) >= 11 is 0. The first kappa shape index (κ1) is 13.2. The van der Waals surface area contributed by atoms with Crippen LogP contribution in [-0.4, -0.2) is 24.1 Å². The fourth-order valence-corrected chi connectivity index (χ4v) is 2.79. The zero-order valence-corrected chi connectivity index (χ0v) is 11.8. The third-order valence-electron chi connectivity index (χ3n) is 3.92. The number of anilines is 1. The van der Waals surface area contributed by atoms with Crippen LogP contribution in [0.2, 0.25) is 0 Å². The molecule has 0 spiro atoms. The summed E-state index contributed by atoms with van der Waals surface area (Å²) in [6.45, 7) is 4.27. The summed E-state index contributed by atoms with van der Waals surface area (Å²) in [5.74, 6) is 2.10. The lowest BCUT2D eigenvalue weighted by Crippen LogP contribution is -2.43. The van der Waals surface area contributed by atoms with Gasteiger partial charge < -0.3 is 14.6 Å². The highest BCUT2D eigenvalue weighted by molar-refractivity contribution is 5.38. The molecule has 0 radical (unpaired) electrons. The van der Waals surface area contributed by atoms with Crippen molar-refractivity contribution in [3.63, 3.8) is 0 Å². The molecule has 0 aliphatic carbocycles. The third kappa shape index (κ3) is 3.02. The van der Waals surface area contributed by atoms with Crippen molar-refractivity contribution in [2.24, 2.45) is 0 Å². The van der Waals surface area contributed by atoms with E-state index in [1.165, 1.54) is 0 Å². The first-order chi connectivity index (χ1) is 9.83. The average Bonchev–Trinajstić information content (AvgIpc) is 3.03. The number of nitrogens with one attached hydrogen (secondary N) is 1. The number of hydrogen-bond donors (Lipinski definition) is 1. The first-order valence-corrected chi connectivity index (χ1v) is 7.28. The van der Waals surface area contributed by atoms with E-state index in [1.807, 2.05) is 30.5 Å². The van der Waals surface area contributed by atoms with Gasteiger partial charge in [0, 0.05) is 25.3 Å². The monoisotopic (exact) mass is 271 g/mol. The van der Waals surface area contributed by atoms with Crippen LogP contribution in [0.4, 0.5) is 5.82 Å². The van der Waals surface area contributed by atoms with Gasteiger partial charge in [0.05, 0.1) is 12.3 Å². The minimum Gasteiger partial charge on any atom is -0.468 e. The van der Waals surface area contributed by atoms with Crippen LogP contribution in [0.3, 0.4) is 0 Å². The molecule has 3 heterocycles. The number of pyridine rings is 1. The number of furan rings is 1. The van der Waals surface area contributed by atoms with E-state index in [2.05, 4.69) is 28.2 Å². The van der Waals surface area contributed by atoms with Crippen molar-refractivity contribution < 1.29 is 4.42 Å². The maximum Gasteiger partial charge on any atom is 0.128 e. The molecular formula is C16H21N3O.